The molecule has 1 aliphatic rings. The third-order valence-corrected chi connectivity index (χ3v) is 4.05. The van der Waals surface area contributed by atoms with Gasteiger partial charge in [-0.1, -0.05) is 11.6 Å². The van der Waals surface area contributed by atoms with Crippen molar-refractivity contribution in [3.05, 3.63) is 38.7 Å². The second kappa shape index (κ2) is 5.50. The van der Waals surface area contributed by atoms with Crippen molar-refractivity contribution in [1.82, 2.24) is 0 Å². The second-order valence-corrected chi connectivity index (χ2v) is 5.37. The maximum atomic E-state index is 12.0. The normalized spacial score (nSPS) is 15.4. The van der Waals surface area contributed by atoms with Gasteiger partial charge in [-0.2, -0.15) is 0 Å². The second-order valence-electron chi connectivity index (χ2n) is 4.97. The predicted octanol–water partition coefficient (Wildman–Crippen LogP) is 2.40. The van der Waals surface area contributed by atoms with Crippen LogP contribution in [0.25, 0.3) is 11.0 Å². The Morgan fingerprint density at radius 3 is 2.67 bits per heavy atom. The van der Waals surface area contributed by atoms with Gasteiger partial charge in [0.2, 0.25) is 0 Å². The number of carbonyl (C=O) groups is 1. The van der Waals surface area contributed by atoms with Crippen LogP contribution in [0, 0.1) is 6.92 Å². The molecule has 0 bridgehead atoms. The van der Waals surface area contributed by atoms with Gasteiger partial charge in [-0.25, -0.2) is 4.79 Å². The Hall–Kier alpha value is -1.85. The van der Waals surface area contributed by atoms with Crippen LogP contribution in [0.2, 0.25) is 5.02 Å². The molecule has 5 nitrogen and oxygen atoms in total. The van der Waals surface area contributed by atoms with Crippen LogP contribution < -0.4 is 10.5 Å². The molecule has 1 saturated heterocycles. The number of anilines is 1. The molecular formula is C15H14ClNO4. The average molecular weight is 308 g/mol. The minimum atomic E-state index is -0.624. The lowest BCUT2D eigenvalue weighted by Crippen LogP contribution is -2.37. The first-order valence-electron chi connectivity index (χ1n) is 6.66. The van der Waals surface area contributed by atoms with Gasteiger partial charge in [-0.15, -0.1) is 0 Å². The largest absolute Gasteiger partial charge is 0.422 e. The SMILES string of the molecule is Cc1cc2oc(=O)c(C=O)c(N3CCOCC3)c2cc1Cl. The van der Waals surface area contributed by atoms with Crippen molar-refractivity contribution in [3.63, 3.8) is 0 Å². The molecule has 0 saturated carbocycles. The highest BCUT2D eigenvalue weighted by atomic mass is 35.5. The summed E-state index contributed by atoms with van der Waals surface area (Å²) in [7, 11) is 0. The maximum absolute atomic E-state index is 12.0. The Labute approximate surface area is 126 Å². The van der Waals surface area contributed by atoms with Gasteiger partial charge in [0.05, 0.1) is 18.9 Å². The van der Waals surface area contributed by atoms with Gasteiger partial charge in [0.15, 0.2) is 6.29 Å². The summed E-state index contributed by atoms with van der Waals surface area (Å²) in [6, 6.07) is 3.46. The van der Waals surface area contributed by atoms with Crippen LogP contribution in [0.4, 0.5) is 5.69 Å². The number of hydrogen-bond acceptors (Lipinski definition) is 5. The number of nitrogens with zero attached hydrogens (tertiary/aromatic N) is 1. The minimum Gasteiger partial charge on any atom is -0.422 e. The number of benzene rings is 1. The lowest BCUT2D eigenvalue weighted by atomic mass is 10.1. The monoisotopic (exact) mass is 307 g/mol. The highest BCUT2D eigenvalue weighted by molar-refractivity contribution is 6.32. The molecule has 110 valence electrons. The molecular weight excluding hydrogens is 294 g/mol. The number of ether oxygens (including phenoxy) is 1. The van der Waals surface area contributed by atoms with Crippen LogP contribution in [0.1, 0.15) is 15.9 Å². The van der Waals surface area contributed by atoms with E-state index >= 15 is 0 Å². The molecule has 0 spiro atoms. The Balaban J connectivity index is 2.34. The zero-order valence-corrected chi connectivity index (χ0v) is 12.3. The molecule has 2 heterocycles. The number of hydrogen-bond donors (Lipinski definition) is 0. The number of rotatable bonds is 2. The highest BCUT2D eigenvalue weighted by Gasteiger charge is 2.22. The molecule has 0 aliphatic carbocycles. The fraction of sp³-hybridized carbons (Fsp3) is 0.333. The van der Waals surface area contributed by atoms with Crippen LogP contribution in [-0.4, -0.2) is 32.6 Å². The number of fused-ring (bicyclic) bond motifs is 1. The van der Waals surface area contributed by atoms with Crippen molar-refractivity contribution in [1.29, 1.82) is 0 Å². The van der Waals surface area contributed by atoms with Crippen molar-refractivity contribution in [3.8, 4) is 0 Å². The van der Waals surface area contributed by atoms with E-state index in [2.05, 4.69) is 0 Å². The van der Waals surface area contributed by atoms with E-state index in [1.54, 1.807) is 12.1 Å². The molecule has 0 amide bonds. The molecule has 21 heavy (non-hydrogen) atoms. The van der Waals surface area contributed by atoms with Crippen LogP contribution in [-0.2, 0) is 4.74 Å². The molecule has 0 atom stereocenters. The van der Waals surface area contributed by atoms with Gasteiger partial charge >= 0.3 is 5.63 Å². The lowest BCUT2D eigenvalue weighted by molar-refractivity contribution is 0.111. The molecule has 1 aromatic heterocycles. The van der Waals surface area contributed by atoms with Crippen LogP contribution in [0.5, 0.6) is 0 Å². The maximum Gasteiger partial charge on any atom is 0.349 e. The topological polar surface area (TPSA) is 59.8 Å². The van der Waals surface area contributed by atoms with E-state index in [1.165, 1.54) is 0 Å². The van der Waals surface area contributed by atoms with E-state index in [-0.39, 0.29) is 5.56 Å². The van der Waals surface area contributed by atoms with Crippen molar-refractivity contribution in [2.75, 3.05) is 31.2 Å². The minimum absolute atomic E-state index is 0.0318. The summed E-state index contributed by atoms with van der Waals surface area (Å²) in [5, 5.41) is 1.25. The number of carbonyl (C=O) groups excluding carboxylic acids is 1. The van der Waals surface area contributed by atoms with Crippen LogP contribution >= 0.6 is 11.6 Å². The number of aldehydes is 1. The first kappa shape index (κ1) is 14.1. The van der Waals surface area contributed by atoms with Gasteiger partial charge < -0.3 is 14.1 Å². The van der Waals surface area contributed by atoms with E-state index in [9.17, 15) is 9.59 Å². The molecule has 1 aliphatic heterocycles. The van der Waals surface area contributed by atoms with Crippen LogP contribution in [0.3, 0.4) is 0 Å². The summed E-state index contributed by atoms with van der Waals surface area (Å²) in [5.74, 6) is 0. The van der Waals surface area contributed by atoms with E-state index in [0.717, 1.165) is 5.56 Å². The Morgan fingerprint density at radius 2 is 2.00 bits per heavy atom. The summed E-state index contributed by atoms with van der Waals surface area (Å²) in [4.78, 5) is 25.3. The molecule has 3 rings (SSSR count). The summed E-state index contributed by atoms with van der Waals surface area (Å²) in [6.45, 7) is 4.18. The zero-order valence-electron chi connectivity index (χ0n) is 11.5. The predicted molar refractivity (Wildman–Crippen MR) is 80.7 cm³/mol. The van der Waals surface area contributed by atoms with Crippen molar-refractivity contribution in [2.45, 2.75) is 6.92 Å². The van der Waals surface area contributed by atoms with Gasteiger partial charge in [-0.05, 0) is 24.6 Å². The highest BCUT2D eigenvalue weighted by Crippen LogP contribution is 2.32. The smallest absolute Gasteiger partial charge is 0.349 e. The van der Waals surface area contributed by atoms with Gasteiger partial charge in [-0.3, -0.25) is 4.79 Å². The average Bonchev–Trinajstić information content (AvgIpc) is 2.49. The van der Waals surface area contributed by atoms with E-state index in [0.29, 0.717) is 54.3 Å². The van der Waals surface area contributed by atoms with E-state index < -0.39 is 5.63 Å². The molecule has 0 N–H and O–H groups in total. The molecule has 1 aromatic carbocycles. The summed E-state index contributed by atoms with van der Waals surface area (Å²) < 4.78 is 10.6. The molecule has 1 fully saturated rings. The van der Waals surface area contributed by atoms with E-state index in [1.807, 2.05) is 11.8 Å². The Kier molecular flexibility index (Phi) is 3.69. The van der Waals surface area contributed by atoms with Gasteiger partial charge in [0.25, 0.3) is 0 Å². The lowest BCUT2D eigenvalue weighted by Gasteiger charge is -2.30. The van der Waals surface area contributed by atoms with Gasteiger partial charge in [0.1, 0.15) is 11.1 Å². The van der Waals surface area contributed by atoms with Crippen molar-refractivity contribution < 1.29 is 13.9 Å². The first-order valence-corrected chi connectivity index (χ1v) is 7.04. The summed E-state index contributed by atoms with van der Waals surface area (Å²) in [6.07, 6.45) is 0.545. The Bertz CT molecular complexity index is 762. The number of morpholine rings is 1. The number of aryl methyl sites for hydroxylation is 1. The zero-order chi connectivity index (χ0) is 15.0. The third kappa shape index (κ3) is 2.43. The summed E-state index contributed by atoms with van der Waals surface area (Å²) in [5.41, 5.74) is 1.25. The van der Waals surface area contributed by atoms with Crippen molar-refractivity contribution >= 4 is 34.5 Å². The Morgan fingerprint density at radius 1 is 1.29 bits per heavy atom. The quantitative estimate of drug-likeness (QED) is 0.630. The number of halogens is 1. The summed E-state index contributed by atoms with van der Waals surface area (Å²) >= 11 is 6.18. The molecule has 2 aromatic rings. The molecule has 0 unspecified atom stereocenters. The van der Waals surface area contributed by atoms with Gasteiger partial charge in [0, 0.05) is 23.5 Å². The van der Waals surface area contributed by atoms with E-state index in [4.69, 9.17) is 20.8 Å². The fourth-order valence-electron chi connectivity index (χ4n) is 2.55. The molecule has 0 radical (unpaired) electrons. The third-order valence-electron chi connectivity index (χ3n) is 3.64. The first-order chi connectivity index (χ1) is 10.1. The van der Waals surface area contributed by atoms with Crippen molar-refractivity contribution in [2.24, 2.45) is 0 Å². The molecule has 6 heteroatoms. The van der Waals surface area contributed by atoms with Crippen LogP contribution in [0.15, 0.2) is 21.3 Å². The standard InChI is InChI=1S/C15H14ClNO4/c1-9-6-13-10(7-12(9)16)14(11(8-18)15(19)21-13)17-2-4-20-5-3-17/h6-8H,2-5H2,1H3. The fourth-order valence-corrected chi connectivity index (χ4v) is 2.72.